The first kappa shape index (κ1) is 14.8. The van der Waals surface area contributed by atoms with Crippen LogP contribution in [-0.4, -0.2) is 59.8 Å². The lowest BCUT2D eigenvalue weighted by molar-refractivity contribution is 0.0759. The van der Waals surface area contributed by atoms with Crippen LogP contribution in [0.25, 0.3) is 0 Å². The zero-order valence-corrected chi connectivity index (χ0v) is 13.0. The fourth-order valence-electron chi connectivity index (χ4n) is 4.47. The second kappa shape index (κ2) is 7.24. The summed E-state index contributed by atoms with van der Waals surface area (Å²) in [5, 5.41) is 10.3. The molecule has 3 heteroatoms. The number of hydrogen-bond acceptors (Lipinski definition) is 3. The van der Waals surface area contributed by atoms with E-state index in [0.29, 0.717) is 5.92 Å². The van der Waals surface area contributed by atoms with Crippen molar-refractivity contribution < 1.29 is 5.11 Å². The zero-order valence-electron chi connectivity index (χ0n) is 13.0. The topological polar surface area (TPSA) is 26.7 Å². The number of hydrogen-bond donors (Lipinski definition) is 1. The number of aliphatic hydroxyl groups is 1. The van der Waals surface area contributed by atoms with E-state index in [4.69, 9.17) is 0 Å². The Morgan fingerprint density at radius 3 is 2.40 bits per heavy atom. The molecule has 3 fully saturated rings. The van der Waals surface area contributed by atoms with Crippen LogP contribution in [0.1, 0.15) is 57.8 Å². The summed E-state index contributed by atoms with van der Waals surface area (Å²) in [6.45, 7) is 6.30. The smallest absolute Gasteiger partial charge is 0.0580 e. The summed E-state index contributed by atoms with van der Waals surface area (Å²) >= 11 is 0. The molecule has 2 aliphatic heterocycles. The molecular formula is C17H32N2O. The van der Waals surface area contributed by atoms with Gasteiger partial charge in [-0.25, -0.2) is 0 Å². The van der Waals surface area contributed by atoms with Crippen molar-refractivity contribution in [2.24, 2.45) is 5.92 Å². The fourth-order valence-corrected chi connectivity index (χ4v) is 4.47. The summed E-state index contributed by atoms with van der Waals surface area (Å²) in [6.07, 6.45) is 11.7. The number of rotatable bonds is 3. The molecule has 20 heavy (non-hydrogen) atoms. The van der Waals surface area contributed by atoms with E-state index < -0.39 is 0 Å². The van der Waals surface area contributed by atoms with Gasteiger partial charge in [0.15, 0.2) is 0 Å². The molecule has 1 N–H and O–H groups in total. The van der Waals surface area contributed by atoms with Gasteiger partial charge in [0.25, 0.3) is 0 Å². The Morgan fingerprint density at radius 2 is 1.55 bits per heavy atom. The molecule has 0 aromatic carbocycles. The summed E-state index contributed by atoms with van der Waals surface area (Å²) < 4.78 is 0. The zero-order chi connectivity index (χ0) is 13.8. The molecule has 3 unspecified atom stereocenters. The molecule has 0 aromatic heterocycles. The Labute approximate surface area is 124 Å². The lowest BCUT2D eigenvalue weighted by atomic mass is 9.97. The second-order valence-corrected chi connectivity index (χ2v) is 7.26. The minimum atomic E-state index is -0.0356. The van der Waals surface area contributed by atoms with Gasteiger partial charge < -0.3 is 10.0 Å². The molecule has 0 radical (unpaired) electrons. The Bertz CT molecular complexity index is 291. The van der Waals surface area contributed by atoms with Crippen molar-refractivity contribution in [3.63, 3.8) is 0 Å². The SMILES string of the molecule is OC1CCCCCC1CN1CCC(N2CCCCC2)C1. The van der Waals surface area contributed by atoms with E-state index in [1.54, 1.807) is 0 Å². The Morgan fingerprint density at radius 1 is 0.800 bits per heavy atom. The van der Waals surface area contributed by atoms with Gasteiger partial charge in [0.05, 0.1) is 6.10 Å². The molecule has 3 nitrogen and oxygen atoms in total. The van der Waals surface area contributed by atoms with Crippen LogP contribution in [0, 0.1) is 5.92 Å². The molecule has 2 heterocycles. The highest BCUT2D eigenvalue weighted by Crippen LogP contribution is 2.27. The molecule has 1 aliphatic carbocycles. The van der Waals surface area contributed by atoms with Gasteiger partial charge in [0.1, 0.15) is 0 Å². The minimum Gasteiger partial charge on any atom is -0.393 e. The van der Waals surface area contributed by atoms with Crippen LogP contribution in [0.5, 0.6) is 0 Å². The maximum absolute atomic E-state index is 10.3. The van der Waals surface area contributed by atoms with E-state index in [9.17, 15) is 5.11 Å². The Balaban J connectivity index is 1.46. The van der Waals surface area contributed by atoms with Gasteiger partial charge in [0, 0.05) is 19.1 Å². The van der Waals surface area contributed by atoms with Crippen LogP contribution in [0.3, 0.4) is 0 Å². The standard InChI is InChI=1S/C17H32N2O/c20-17-8-4-1-3-7-15(17)13-18-12-9-16(14-18)19-10-5-2-6-11-19/h15-17,20H,1-14H2. The highest BCUT2D eigenvalue weighted by Gasteiger charge is 2.31. The van der Waals surface area contributed by atoms with Gasteiger partial charge in [-0.1, -0.05) is 25.7 Å². The third kappa shape index (κ3) is 3.75. The van der Waals surface area contributed by atoms with Gasteiger partial charge in [-0.05, 0) is 57.7 Å². The van der Waals surface area contributed by atoms with E-state index in [-0.39, 0.29) is 6.10 Å². The van der Waals surface area contributed by atoms with Crippen molar-refractivity contribution in [2.75, 3.05) is 32.7 Å². The highest BCUT2D eigenvalue weighted by atomic mass is 16.3. The monoisotopic (exact) mass is 280 g/mol. The van der Waals surface area contributed by atoms with E-state index in [2.05, 4.69) is 9.80 Å². The molecule has 3 atom stereocenters. The van der Waals surface area contributed by atoms with Crippen molar-refractivity contribution in [2.45, 2.75) is 69.9 Å². The predicted molar refractivity (Wildman–Crippen MR) is 82.9 cm³/mol. The summed E-state index contributed by atoms with van der Waals surface area (Å²) in [5.41, 5.74) is 0. The van der Waals surface area contributed by atoms with Gasteiger partial charge in [-0.3, -0.25) is 4.90 Å². The van der Waals surface area contributed by atoms with E-state index in [1.807, 2.05) is 0 Å². The predicted octanol–water partition coefficient (Wildman–Crippen LogP) is 2.49. The number of nitrogens with zero attached hydrogens (tertiary/aromatic N) is 2. The molecule has 0 amide bonds. The van der Waals surface area contributed by atoms with E-state index in [1.165, 1.54) is 77.5 Å². The van der Waals surface area contributed by atoms with Crippen molar-refractivity contribution in [3.8, 4) is 0 Å². The third-order valence-corrected chi connectivity index (χ3v) is 5.77. The van der Waals surface area contributed by atoms with Crippen molar-refractivity contribution in [1.29, 1.82) is 0 Å². The first-order chi connectivity index (χ1) is 9.83. The molecule has 0 aromatic rings. The normalized spacial score (nSPS) is 38.0. The molecule has 0 bridgehead atoms. The van der Waals surface area contributed by atoms with Gasteiger partial charge >= 0.3 is 0 Å². The van der Waals surface area contributed by atoms with Gasteiger partial charge in [-0.15, -0.1) is 0 Å². The number of piperidine rings is 1. The van der Waals surface area contributed by atoms with Gasteiger partial charge in [0.2, 0.25) is 0 Å². The largest absolute Gasteiger partial charge is 0.393 e. The summed E-state index contributed by atoms with van der Waals surface area (Å²) in [6, 6.07) is 0.804. The van der Waals surface area contributed by atoms with Crippen molar-refractivity contribution in [3.05, 3.63) is 0 Å². The van der Waals surface area contributed by atoms with Crippen LogP contribution in [-0.2, 0) is 0 Å². The maximum Gasteiger partial charge on any atom is 0.0580 e. The average molecular weight is 280 g/mol. The molecule has 0 spiro atoms. The number of likely N-dealkylation sites (tertiary alicyclic amines) is 2. The van der Waals surface area contributed by atoms with E-state index in [0.717, 1.165) is 19.0 Å². The van der Waals surface area contributed by atoms with Crippen molar-refractivity contribution in [1.82, 2.24) is 9.80 Å². The molecule has 2 saturated heterocycles. The van der Waals surface area contributed by atoms with Crippen molar-refractivity contribution >= 4 is 0 Å². The average Bonchev–Trinajstić information content (AvgIpc) is 2.86. The van der Waals surface area contributed by atoms with Crippen LogP contribution in [0.2, 0.25) is 0 Å². The van der Waals surface area contributed by atoms with Crippen LogP contribution < -0.4 is 0 Å². The fraction of sp³-hybridized carbons (Fsp3) is 1.00. The highest BCUT2D eigenvalue weighted by molar-refractivity contribution is 4.87. The van der Waals surface area contributed by atoms with Gasteiger partial charge in [-0.2, -0.15) is 0 Å². The molecule has 1 saturated carbocycles. The summed E-state index contributed by atoms with van der Waals surface area (Å²) in [4.78, 5) is 5.37. The van der Waals surface area contributed by atoms with Crippen LogP contribution in [0.15, 0.2) is 0 Å². The first-order valence-electron chi connectivity index (χ1n) is 8.97. The molecule has 3 rings (SSSR count). The molecule has 116 valence electrons. The maximum atomic E-state index is 10.3. The van der Waals surface area contributed by atoms with E-state index >= 15 is 0 Å². The Hall–Kier alpha value is -0.120. The second-order valence-electron chi connectivity index (χ2n) is 7.26. The van der Waals surface area contributed by atoms with Crippen LogP contribution >= 0.6 is 0 Å². The lowest BCUT2D eigenvalue weighted by Crippen LogP contribution is -2.41. The minimum absolute atomic E-state index is 0.0356. The summed E-state index contributed by atoms with van der Waals surface area (Å²) in [5.74, 6) is 0.539. The quantitative estimate of drug-likeness (QED) is 0.805. The Kier molecular flexibility index (Phi) is 5.36. The number of aliphatic hydroxyl groups excluding tert-OH is 1. The first-order valence-corrected chi connectivity index (χ1v) is 8.97. The van der Waals surface area contributed by atoms with Crippen LogP contribution in [0.4, 0.5) is 0 Å². The lowest BCUT2D eigenvalue weighted by Gasteiger charge is -2.32. The molecule has 3 aliphatic rings. The summed E-state index contributed by atoms with van der Waals surface area (Å²) in [7, 11) is 0. The molecular weight excluding hydrogens is 248 g/mol. The third-order valence-electron chi connectivity index (χ3n) is 5.77.